The molecule has 0 aromatic carbocycles. The van der Waals surface area contributed by atoms with Gasteiger partial charge in [0.05, 0.1) is 11.8 Å². The first-order valence-electron chi connectivity index (χ1n) is 7.63. The number of nitrogens with zero attached hydrogens (tertiary/aromatic N) is 2. The van der Waals surface area contributed by atoms with E-state index in [0.29, 0.717) is 12.1 Å². The largest absolute Gasteiger partial charge is 0.380 e. The summed E-state index contributed by atoms with van der Waals surface area (Å²) in [5.74, 6) is 0. The lowest BCUT2D eigenvalue weighted by molar-refractivity contribution is 0.0893. The van der Waals surface area contributed by atoms with Crippen molar-refractivity contribution in [2.24, 2.45) is 0 Å². The van der Waals surface area contributed by atoms with Gasteiger partial charge in [0.15, 0.2) is 5.13 Å². The number of thiazole rings is 1. The van der Waals surface area contributed by atoms with Gasteiger partial charge in [0.1, 0.15) is 0 Å². The van der Waals surface area contributed by atoms with Gasteiger partial charge in [-0.2, -0.15) is 0 Å². The molecule has 1 fully saturated rings. The van der Waals surface area contributed by atoms with Gasteiger partial charge in [-0.3, -0.25) is 0 Å². The second-order valence-electron chi connectivity index (χ2n) is 5.70. The lowest BCUT2D eigenvalue weighted by atomic mass is 10.1. The standard InChI is InChI=1S/C15H27N3OS/c1-5-13-14(9-16-11(2)3)20-15(17-13)18-8-6-7-12(10-18)19-4/h11-12,16H,5-10H2,1-4H3. The molecule has 0 bridgehead atoms. The van der Waals surface area contributed by atoms with Crippen LogP contribution >= 0.6 is 11.3 Å². The number of rotatable bonds is 6. The molecule has 1 atom stereocenters. The van der Waals surface area contributed by atoms with E-state index < -0.39 is 0 Å². The predicted molar refractivity (Wildman–Crippen MR) is 85.7 cm³/mol. The molecule has 0 saturated carbocycles. The normalized spacial score (nSPS) is 19.9. The van der Waals surface area contributed by atoms with Gasteiger partial charge >= 0.3 is 0 Å². The third-order valence-electron chi connectivity index (χ3n) is 3.75. The van der Waals surface area contributed by atoms with Crippen molar-refractivity contribution in [3.05, 3.63) is 10.6 Å². The number of aromatic nitrogens is 1. The molecule has 2 heterocycles. The molecule has 5 heteroatoms. The Bertz CT molecular complexity index is 419. The molecule has 1 N–H and O–H groups in total. The number of nitrogens with one attached hydrogen (secondary N) is 1. The quantitative estimate of drug-likeness (QED) is 0.876. The number of methoxy groups -OCH3 is 1. The first kappa shape index (κ1) is 15.7. The average molecular weight is 297 g/mol. The van der Waals surface area contributed by atoms with Gasteiger partial charge < -0.3 is 15.0 Å². The molecule has 1 aromatic rings. The third-order valence-corrected chi connectivity index (χ3v) is 4.91. The molecular weight excluding hydrogens is 270 g/mol. The van der Waals surface area contributed by atoms with E-state index in [4.69, 9.17) is 9.72 Å². The minimum absolute atomic E-state index is 0.356. The second-order valence-corrected chi connectivity index (χ2v) is 6.76. The number of hydrogen-bond acceptors (Lipinski definition) is 5. The highest BCUT2D eigenvalue weighted by Crippen LogP contribution is 2.29. The van der Waals surface area contributed by atoms with Gasteiger partial charge in [-0.25, -0.2) is 4.98 Å². The molecule has 1 aromatic heterocycles. The fraction of sp³-hybridized carbons (Fsp3) is 0.800. The van der Waals surface area contributed by atoms with Crippen LogP contribution in [-0.2, 0) is 17.7 Å². The summed E-state index contributed by atoms with van der Waals surface area (Å²) in [7, 11) is 1.81. The number of aryl methyl sites for hydroxylation is 1. The van der Waals surface area contributed by atoms with Crippen molar-refractivity contribution >= 4 is 16.5 Å². The molecule has 114 valence electrons. The Morgan fingerprint density at radius 1 is 1.50 bits per heavy atom. The first-order valence-corrected chi connectivity index (χ1v) is 8.45. The van der Waals surface area contributed by atoms with Crippen LogP contribution in [0.2, 0.25) is 0 Å². The third kappa shape index (κ3) is 3.93. The highest BCUT2D eigenvalue weighted by Gasteiger charge is 2.23. The summed E-state index contributed by atoms with van der Waals surface area (Å²) in [6, 6.07) is 0.512. The average Bonchev–Trinajstić information content (AvgIpc) is 2.88. The molecule has 1 aliphatic rings. The van der Waals surface area contributed by atoms with Crippen molar-refractivity contribution in [2.75, 3.05) is 25.1 Å². The molecular formula is C15H27N3OS. The maximum Gasteiger partial charge on any atom is 0.185 e. The fourth-order valence-electron chi connectivity index (χ4n) is 2.52. The van der Waals surface area contributed by atoms with Crippen LogP contribution < -0.4 is 10.2 Å². The maximum absolute atomic E-state index is 5.51. The van der Waals surface area contributed by atoms with E-state index in [-0.39, 0.29) is 0 Å². The van der Waals surface area contributed by atoms with E-state index in [1.807, 2.05) is 18.4 Å². The Balaban J connectivity index is 2.07. The maximum atomic E-state index is 5.51. The topological polar surface area (TPSA) is 37.4 Å². The van der Waals surface area contributed by atoms with Crippen LogP contribution in [0.1, 0.15) is 44.2 Å². The van der Waals surface area contributed by atoms with Crippen LogP contribution in [0.25, 0.3) is 0 Å². The van der Waals surface area contributed by atoms with Gasteiger partial charge in [0.25, 0.3) is 0 Å². The van der Waals surface area contributed by atoms with E-state index in [1.165, 1.54) is 28.5 Å². The minimum atomic E-state index is 0.356. The van der Waals surface area contributed by atoms with Gasteiger partial charge in [0.2, 0.25) is 0 Å². The minimum Gasteiger partial charge on any atom is -0.380 e. The zero-order chi connectivity index (χ0) is 14.5. The number of ether oxygens (including phenoxy) is 1. The zero-order valence-corrected chi connectivity index (χ0v) is 13.9. The molecule has 1 unspecified atom stereocenters. The molecule has 0 amide bonds. The Morgan fingerprint density at radius 2 is 2.30 bits per heavy atom. The van der Waals surface area contributed by atoms with Crippen molar-refractivity contribution < 1.29 is 4.74 Å². The van der Waals surface area contributed by atoms with Gasteiger partial charge in [-0.05, 0) is 19.3 Å². The molecule has 2 rings (SSSR count). The van der Waals surface area contributed by atoms with Gasteiger partial charge in [-0.1, -0.05) is 20.8 Å². The smallest absolute Gasteiger partial charge is 0.185 e. The van der Waals surface area contributed by atoms with Crippen molar-refractivity contribution in [1.29, 1.82) is 0 Å². The molecule has 20 heavy (non-hydrogen) atoms. The van der Waals surface area contributed by atoms with Crippen LogP contribution in [0.15, 0.2) is 0 Å². The number of piperidine rings is 1. The van der Waals surface area contributed by atoms with Crippen molar-refractivity contribution in [3.63, 3.8) is 0 Å². The molecule has 1 saturated heterocycles. The van der Waals surface area contributed by atoms with Crippen molar-refractivity contribution in [1.82, 2.24) is 10.3 Å². The summed E-state index contributed by atoms with van der Waals surface area (Å²) in [6.45, 7) is 9.56. The second kappa shape index (κ2) is 7.38. The summed E-state index contributed by atoms with van der Waals surface area (Å²) >= 11 is 1.84. The summed E-state index contributed by atoms with van der Waals surface area (Å²) < 4.78 is 5.51. The molecule has 1 aliphatic heterocycles. The van der Waals surface area contributed by atoms with E-state index in [1.54, 1.807) is 0 Å². The Kier molecular flexibility index (Phi) is 5.81. The number of hydrogen-bond donors (Lipinski definition) is 1. The Morgan fingerprint density at radius 3 is 2.95 bits per heavy atom. The van der Waals surface area contributed by atoms with Crippen molar-refractivity contribution in [2.45, 2.75) is 58.7 Å². The molecule has 0 spiro atoms. The summed E-state index contributed by atoms with van der Waals surface area (Å²) in [4.78, 5) is 8.62. The van der Waals surface area contributed by atoms with Crippen LogP contribution in [0, 0.1) is 0 Å². The highest BCUT2D eigenvalue weighted by atomic mass is 32.1. The van der Waals surface area contributed by atoms with Crippen LogP contribution in [-0.4, -0.2) is 37.3 Å². The predicted octanol–water partition coefficient (Wildman–Crippen LogP) is 2.82. The first-order chi connectivity index (χ1) is 9.63. The SMILES string of the molecule is CCc1nc(N2CCCC(OC)C2)sc1CNC(C)C. The summed E-state index contributed by atoms with van der Waals surface area (Å²) in [5, 5.41) is 4.67. The zero-order valence-electron chi connectivity index (χ0n) is 13.1. The van der Waals surface area contributed by atoms with E-state index in [0.717, 1.165) is 26.1 Å². The number of anilines is 1. The molecule has 0 radical (unpaired) electrons. The summed E-state index contributed by atoms with van der Waals surface area (Å²) in [5.41, 5.74) is 1.25. The Labute approximate surface area is 126 Å². The lowest BCUT2D eigenvalue weighted by Crippen LogP contribution is -2.39. The monoisotopic (exact) mass is 297 g/mol. The van der Waals surface area contributed by atoms with E-state index in [9.17, 15) is 0 Å². The molecule has 4 nitrogen and oxygen atoms in total. The van der Waals surface area contributed by atoms with E-state index >= 15 is 0 Å². The fourth-order valence-corrected chi connectivity index (χ4v) is 3.65. The highest BCUT2D eigenvalue weighted by molar-refractivity contribution is 7.15. The Hall–Kier alpha value is -0.650. The van der Waals surface area contributed by atoms with Crippen LogP contribution in [0.4, 0.5) is 5.13 Å². The van der Waals surface area contributed by atoms with Gasteiger partial charge in [0, 0.05) is 37.7 Å². The van der Waals surface area contributed by atoms with Crippen LogP contribution in [0.3, 0.4) is 0 Å². The van der Waals surface area contributed by atoms with Crippen LogP contribution in [0.5, 0.6) is 0 Å². The van der Waals surface area contributed by atoms with Crippen molar-refractivity contribution in [3.8, 4) is 0 Å². The molecule has 0 aliphatic carbocycles. The lowest BCUT2D eigenvalue weighted by Gasteiger charge is -2.31. The van der Waals surface area contributed by atoms with E-state index in [2.05, 4.69) is 31.0 Å². The summed E-state index contributed by atoms with van der Waals surface area (Å²) in [6.07, 6.45) is 3.72. The van der Waals surface area contributed by atoms with Gasteiger partial charge in [-0.15, -0.1) is 11.3 Å².